The third-order valence-corrected chi connectivity index (χ3v) is 8.71. The Morgan fingerprint density at radius 1 is 0.652 bits per heavy atom. The van der Waals surface area contributed by atoms with Crippen LogP contribution >= 0.6 is 0 Å². The van der Waals surface area contributed by atoms with E-state index in [1.165, 1.54) is 82.7 Å². The third kappa shape index (κ3) is 18.3. The van der Waals surface area contributed by atoms with Gasteiger partial charge >= 0.3 is 0 Å². The van der Waals surface area contributed by atoms with Crippen LogP contribution in [0.1, 0.15) is 84.0 Å². The van der Waals surface area contributed by atoms with Crippen molar-refractivity contribution < 1.29 is 9.84 Å². The molecule has 23 heavy (non-hydrogen) atoms. The number of hydrogen-bond donors (Lipinski definition) is 1. The van der Waals surface area contributed by atoms with Crippen molar-refractivity contribution in [2.75, 3.05) is 19.8 Å². The number of rotatable bonds is 18. The maximum Gasteiger partial charge on any atom is 0.0697 e. The highest BCUT2D eigenvalue weighted by Crippen LogP contribution is 2.19. The molecule has 0 aromatic carbocycles. The van der Waals surface area contributed by atoms with E-state index in [1.54, 1.807) is 0 Å². The number of unbranched alkanes of at least 4 members (excludes halogenated alkanes) is 11. The van der Waals surface area contributed by atoms with Crippen molar-refractivity contribution in [1.82, 2.24) is 0 Å². The molecule has 0 saturated carbocycles. The largest absolute Gasteiger partial charge is 0.394 e. The van der Waals surface area contributed by atoms with Gasteiger partial charge in [0.15, 0.2) is 0 Å². The molecule has 3 heteroatoms. The summed E-state index contributed by atoms with van der Waals surface area (Å²) >= 11 is 0. The molecule has 140 valence electrons. The van der Waals surface area contributed by atoms with Crippen molar-refractivity contribution in [1.29, 1.82) is 0 Å². The fourth-order valence-electron chi connectivity index (χ4n) is 2.92. The predicted octanol–water partition coefficient (Wildman–Crippen LogP) is 6.40. The topological polar surface area (TPSA) is 29.5 Å². The monoisotopic (exact) mass is 344 g/mol. The van der Waals surface area contributed by atoms with Crippen LogP contribution in [0.2, 0.25) is 25.2 Å². The summed E-state index contributed by atoms with van der Waals surface area (Å²) in [4.78, 5) is 0. The SMILES string of the molecule is CC[Si](C)(C)CCCCCCCCCCCCCCOCCO. The van der Waals surface area contributed by atoms with E-state index in [0.29, 0.717) is 6.61 Å². The second-order valence-electron chi connectivity index (χ2n) is 7.85. The summed E-state index contributed by atoms with van der Waals surface area (Å²) in [6, 6.07) is 2.98. The molecule has 0 fully saturated rings. The molecule has 0 bridgehead atoms. The van der Waals surface area contributed by atoms with Gasteiger partial charge in [0, 0.05) is 14.7 Å². The first-order valence-corrected chi connectivity index (χ1v) is 13.7. The van der Waals surface area contributed by atoms with Crippen LogP contribution in [0.3, 0.4) is 0 Å². The standard InChI is InChI=1S/C20H44O2Si/c1-4-23(2,3)20-16-14-12-10-8-6-5-7-9-11-13-15-18-22-19-17-21/h21H,4-20H2,1-3H3. The highest BCUT2D eigenvalue weighted by molar-refractivity contribution is 6.77. The van der Waals surface area contributed by atoms with E-state index >= 15 is 0 Å². The highest BCUT2D eigenvalue weighted by Gasteiger charge is 2.16. The molecular formula is C20H44O2Si. The average molecular weight is 345 g/mol. The van der Waals surface area contributed by atoms with Gasteiger partial charge in [-0.1, -0.05) is 103 Å². The van der Waals surface area contributed by atoms with Crippen LogP contribution in [0.5, 0.6) is 0 Å². The lowest BCUT2D eigenvalue weighted by Crippen LogP contribution is -2.22. The first kappa shape index (κ1) is 23.1. The van der Waals surface area contributed by atoms with Gasteiger partial charge in [-0.2, -0.15) is 0 Å². The van der Waals surface area contributed by atoms with Gasteiger partial charge in [0.1, 0.15) is 0 Å². The second kappa shape index (κ2) is 17.0. The molecule has 0 spiro atoms. The van der Waals surface area contributed by atoms with Gasteiger partial charge in [0.05, 0.1) is 13.2 Å². The summed E-state index contributed by atoms with van der Waals surface area (Å²) in [5.41, 5.74) is 0. The summed E-state index contributed by atoms with van der Waals surface area (Å²) < 4.78 is 5.26. The molecule has 1 N–H and O–H groups in total. The van der Waals surface area contributed by atoms with Crippen molar-refractivity contribution in [3.8, 4) is 0 Å². The zero-order chi connectivity index (χ0) is 17.2. The highest BCUT2D eigenvalue weighted by atomic mass is 28.3. The van der Waals surface area contributed by atoms with Gasteiger partial charge in [0.25, 0.3) is 0 Å². The molecule has 0 saturated heterocycles. The number of aliphatic hydroxyl groups excluding tert-OH is 1. The van der Waals surface area contributed by atoms with Gasteiger partial charge < -0.3 is 9.84 Å². The molecule has 0 aromatic heterocycles. The molecule has 0 aliphatic rings. The number of ether oxygens (including phenoxy) is 1. The van der Waals surface area contributed by atoms with Crippen LogP contribution in [0.15, 0.2) is 0 Å². The van der Waals surface area contributed by atoms with E-state index in [2.05, 4.69) is 20.0 Å². The quantitative estimate of drug-likeness (QED) is 0.230. The van der Waals surface area contributed by atoms with E-state index in [0.717, 1.165) is 13.0 Å². The summed E-state index contributed by atoms with van der Waals surface area (Å²) in [5, 5.41) is 8.59. The van der Waals surface area contributed by atoms with Crippen LogP contribution < -0.4 is 0 Å². The summed E-state index contributed by atoms with van der Waals surface area (Å²) in [6.45, 7) is 8.91. The van der Waals surface area contributed by atoms with Crippen molar-refractivity contribution in [3.63, 3.8) is 0 Å². The fraction of sp³-hybridized carbons (Fsp3) is 1.00. The Labute approximate surface area is 147 Å². The Hall–Kier alpha value is 0.137. The molecular weight excluding hydrogens is 300 g/mol. The lowest BCUT2D eigenvalue weighted by molar-refractivity contribution is 0.0895. The Morgan fingerprint density at radius 2 is 1.09 bits per heavy atom. The zero-order valence-electron chi connectivity index (χ0n) is 16.4. The van der Waals surface area contributed by atoms with E-state index in [-0.39, 0.29) is 6.61 Å². The Morgan fingerprint density at radius 3 is 1.52 bits per heavy atom. The van der Waals surface area contributed by atoms with Gasteiger partial charge in [-0.25, -0.2) is 0 Å². The van der Waals surface area contributed by atoms with E-state index in [1.807, 2.05) is 0 Å². The number of hydrogen-bond acceptors (Lipinski definition) is 2. The normalized spacial score (nSPS) is 12.0. The van der Waals surface area contributed by atoms with E-state index in [4.69, 9.17) is 9.84 Å². The lowest BCUT2D eigenvalue weighted by atomic mass is 10.1. The van der Waals surface area contributed by atoms with Crippen molar-refractivity contribution in [3.05, 3.63) is 0 Å². The minimum absolute atomic E-state index is 0.151. The number of aliphatic hydroxyl groups is 1. The van der Waals surface area contributed by atoms with Crippen LogP contribution in [0.4, 0.5) is 0 Å². The van der Waals surface area contributed by atoms with E-state index in [9.17, 15) is 0 Å². The average Bonchev–Trinajstić information content (AvgIpc) is 2.54. The Balaban J connectivity index is 3.05. The van der Waals surface area contributed by atoms with Crippen LogP contribution in [0.25, 0.3) is 0 Å². The first-order valence-electron chi connectivity index (χ1n) is 10.3. The molecule has 0 amide bonds. The summed E-state index contributed by atoms with van der Waals surface area (Å²) in [7, 11) is -0.803. The Kier molecular flexibility index (Phi) is 17.1. The van der Waals surface area contributed by atoms with Gasteiger partial charge in [0.2, 0.25) is 0 Å². The summed E-state index contributed by atoms with van der Waals surface area (Å²) in [6.07, 6.45) is 16.8. The van der Waals surface area contributed by atoms with Gasteiger partial charge in [-0.15, -0.1) is 0 Å². The van der Waals surface area contributed by atoms with Crippen molar-refractivity contribution >= 4 is 8.07 Å². The summed E-state index contributed by atoms with van der Waals surface area (Å²) in [5.74, 6) is 0. The van der Waals surface area contributed by atoms with Crippen LogP contribution in [0, 0.1) is 0 Å². The molecule has 0 unspecified atom stereocenters. The minimum Gasteiger partial charge on any atom is -0.394 e. The van der Waals surface area contributed by atoms with E-state index < -0.39 is 8.07 Å². The molecule has 0 rings (SSSR count). The predicted molar refractivity (Wildman–Crippen MR) is 106 cm³/mol. The first-order chi connectivity index (χ1) is 11.1. The zero-order valence-corrected chi connectivity index (χ0v) is 17.4. The van der Waals surface area contributed by atoms with Crippen molar-refractivity contribution in [2.45, 2.75) is 109 Å². The molecule has 0 radical (unpaired) electrons. The second-order valence-corrected chi connectivity index (χ2v) is 13.4. The third-order valence-electron chi connectivity index (χ3n) is 5.08. The van der Waals surface area contributed by atoms with Crippen LogP contribution in [-0.2, 0) is 4.74 Å². The Bertz CT molecular complexity index is 232. The maximum atomic E-state index is 8.59. The molecule has 0 aliphatic carbocycles. The lowest BCUT2D eigenvalue weighted by Gasteiger charge is -2.19. The van der Waals surface area contributed by atoms with Crippen LogP contribution in [-0.4, -0.2) is 33.0 Å². The minimum atomic E-state index is -0.803. The molecule has 0 atom stereocenters. The smallest absolute Gasteiger partial charge is 0.0697 e. The fourth-order valence-corrected chi connectivity index (χ4v) is 4.48. The molecule has 0 aromatic rings. The maximum absolute atomic E-state index is 8.59. The molecule has 2 nitrogen and oxygen atoms in total. The van der Waals surface area contributed by atoms with Crippen molar-refractivity contribution in [2.24, 2.45) is 0 Å². The van der Waals surface area contributed by atoms with Gasteiger partial charge in [-0.3, -0.25) is 0 Å². The van der Waals surface area contributed by atoms with Gasteiger partial charge in [-0.05, 0) is 6.42 Å². The molecule has 0 aliphatic heterocycles. The molecule has 0 heterocycles.